The van der Waals surface area contributed by atoms with E-state index in [-0.39, 0.29) is 17.1 Å². The Kier molecular flexibility index (Phi) is 6.59. The lowest BCUT2D eigenvalue weighted by Gasteiger charge is -2.37. The summed E-state index contributed by atoms with van der Waals surface area (Å²) in [5, 5.41) is 3.54. The molecule has 1 heterocycles. The zero-order valence-electron chi connectivity index (χ0n) is 20.1. The van der Waals surface area contributed by atoms with E-state index in [0.29, 0.717) is 25.0 Å². The van der Waals surface area contributed by atoms with Gasteiger partial charge in [0.05, 0.1) is 24.0 Å². The highest BCUT2D eigenvalue weighted by Crippen LogP contribution is 2.48. The summed E-state index contributed by atoms with van der Waals surface area (Å²) in [4.78, 5) is 28.7. The maximum atomic E-state index is 13.6. The van der Waals surface area contributed by atoms with E-state index >= 15 is 0 Å². The number of para-hydroxylation sites is 2. The summed E-state index contributed by atoms with van der Waals surface area (Å²) in [5.41, 5.74) is 4.06. The van der Waals surface area contributed by atoms with Gasteiger partial charge < -0.3 is 10.1 Å². The van der Waals surface area contributed by atoms with Crippen LogP contribution in [-0.4, -0.2) is 18.3 Å². The van der Waals surface area contributed by atoms with Gasteiger partial charge in [-0.2, -0.15) is 0 Å². The number of ether oxygens (including phenoxy) is 1. The van der Waals surface area contributed by atoms with E-state index in [1.807, 2.05) is 60.4 Å². The smallest absolute Gasteiger partial charge is 0.227 e. The van der Waals surface area contributed by atoms with Gasteiger partial charge in [0.15, 0.2) is 5.78 Å². The van der Waals surface area contributed by atoms with Gasteiger partial charge >= 0.3 is 0 Å². The predicted octanol–water partition coefficient (Wildman–Crippen LogP) is 6.42. The molecule has 0 saturated heterocycles. The standard InChI is InChI=1S/C28H34N2O3/c1-5-7-16-33-20-14-12-19(13-15-20)27-26-22(17-28(3,4)18-24(26)31)29-21-10-8-9-11-23(21)30(27)25(32)6-2/h8-15,27,29H,5-7,16-18H2,1-4H3/t27-/m1/s1. The van der Waals surface area contributed by atoms with Crippen LogP contribution in [0.25, 0.3) is 0 Å². The van der Waals surface area contributed by atoms with Crippen LogP contribution in [-0.2, 0) is 9.59 Å². The molecule has 0 unspecified atom stereocenters. The number of hydrogen-bond donors (Lipinski definition) is 1. The van der Waals surface area contributed by atoms with E-state index in [2.05, 4.69) is 26.1 Å². The fourth-order valence-corrected chi connectivity index (χ4v) is 4.83. The number of amides is 1. The van der Waals surface area contributed by atoms with Crippen molar-refractivity contribution in [1.82, 2.24) is 0 Å². The second-order valence-corrected chi connectivity index (χ2v) is 9.77. The van der Waals surface area contributed by atoms with Crippen molar-refractivity contribution in [2.45, 2.75) is 65.8 Å². The lowest BCUT2D eigenvalue weighted by Crippen LogP contribution is -2.39. The van der Waals surface area contributed by atoms with Gasteiger partial charge in [0, 0.05) is 24.1 Å². The molecular formula is C28H34N2O3. The third-order valence-electron chi connectivity index (χ3n) is 6.43. The number of Topliss-reactive ketones (excluding diaryl/α,β-unsaturated/α-hetero) is 1. The Bertz CT molecular complexity index is 1070. The van der Waals surface area contributed by atoms with Crippen LogP contribution in [0.2, 0.25) is 0 Å². The molecule has 1 aliphatic heterocycles. The number of hydrogen-bond acceptors (Lipinski definition) is 4. The van der Waals surface area contributed by atoms with Crippen LogP contribution in [0.3, 0.4) is 0 Å². The van der Waals surface area contributed by atoms with E-state index < -0.39 is 6.04 Å². The highest BCUT2D eigenvalue weighted by atomic mass is 16.5. The van der Waals surface area contributed by atoms with Gasteiger partial charge in [-0.1, -0.05) is 58.4 Å². The summed E-state index contributed by atoms with van der Waals surface area (Å²) < 4.78 is 5.85. The summed E-state index contributed by atoms with van der Waals surface area (Å²) in [5.74, 6) is 0.894. The average Bonchev–Trinajstić information content (AvgIpc) is 2.92. The highest BCUT2D eigenvalue weighted by molar-refractivity contribution is 6.06. The number of nitrogens with zero attached hydrogens (tertiary/aromatic N) is 1. The molecule has 33 heavy (non-hydrogen) atoms. The molecule has 1 atom stereocenters. The molecule has 174 valence electrons. The fourth-order valence-electron chi connectivity index (χ4n) is 4.83. The van der Waals surface area contributed by atoms with Gasteiger partial charge in [0.2, 0.25) is 5.91 Å². The third kappa shape index (κ3) is 4.68. The van der Waals surface area contributed by atoms with Crippen LogP contribution in [0.1, 0.15) is 71.4 Å². The lowest BCUT2D eigenvalue weighted by molar-refractivity contribution is -0.119. The van der Waals surface area contributed by atoms with E-state index in [4.69, 9.17) is 4.74 Å². The summed E-state index contributed by atoms with van der Waals surface area (Å²) in [6.45, 7) is 8.93. The molecule has 0 bridgehead atoms. The average molecular weight is 447 g/mol. The minimum Gasteiger partial charge on any atom is -0.494 e. The van der Waals surface area contributed by atoms with Crippen LogP contribution in [0.15, 0.2) is 59.8 Å². The highest BCUT2D eigenvalue weighted by Gasteiger charge is 2.42. The maximum Gasteiger partial charge on any atom is 0.227 e. The molecular weight excluding hydrogens is 412 g/mol. The van der Waals surface area contributed by atoms with Crippen molar-refractivity contribution in [3.05, 3.63) is 65.4 Å². The lowest BCUT2D eigenvalue weighted by atomic mass is 9.73. The molecule has 0 fully saturated rings. The zero-order valence-corrected chi connectivity index (χ0v) is 20.1. The number of nitrogens with one attached hydrogen (secondary N) is 1. The molecule has 0 radical (unpaired) electrons. The van der Waals surface area contributed by atoms with Crippen molar-refractivity contribution >= 4 is 23.1 Å². The van der Waals surface area contributed by atoms with E-state index in [0.717, 1.165) is 47.6 Å². The topological polar surface area (TPSA) is 58.6 Å². The van der Waals surface area contributed by atoms with Crippen molar-refractivity contribution in [3.8, 4) is 5.75 Å². The SMILES string of the molecule is CCCCOc1ccc([C@@H]2C3=C(CC(C)(C)CC3=O)Nc3ccccc3N2C(=O)CC)cc1. The molecule has 2 aromatic rings. The Morgan fingerprint density at radius 2 is 1.82 bits per heavy atom. The first-order valence-corrected chi connectivity index (χ1v) is 12.0. The summed E-state index contributed by atoms with van der Waals surface area (Å²) in [6.07, 6.45) is 3.66. The van der Waals surface area contributed by atoms with Crippen LogP contribution in [0.5, 0.6) is 5.75 Å². The molecule has 0 spiro atoms. The number of ketones is 1. The van der Waals surface area contributed by atoms with Crippen LogP contribution >= 0.6 is 0 Å². The fraction of sp³-hybridized carbons (Fsp3) is 0.429. The maximum absolute atomic E-state index is 13.6. The Morgan fingerprint density at radius 3 is 2.52 bits per heavy atom. The van der Waals surface area contributed by atoms with Crippen LogP contribution in [0.4, 0.5) is 11.4 Å². The number of rotatable bonds is 6. The first-order chi connectivity index (χ1) is 15.8. The van der Waals surface area contributed by atoms with E-state index in [9.17, 15) is 9.59 Å². The van der Waals surface area contributed by atoms with E-state index in [1.165, 1.54) is 0 Å². The molecule has 5 nitrogen and oxygen atoms in total. The normalized spacial score (nSPS) is 19.3. The van der Waals surface area contributed by atoms with Crippen molar-refractivity contribution in [2.75, 3.05) is 16.8 Å². The first-order valence-electron chi connectivity index (χ1n) is 12.0. The number of benzene rings is 2. The second kappa shape index (κ2) is 9.42. The summed E-state index contributed by atoms with van der Waals surface area (Å²) in [7, 11) is 0. The minimum atomic E-state index is -0.475. The van der Waals surface area contributed by atoms with Gasteiger partial charge in [-0.15, -0.1) is 0 Å². The largest absolute Gasteiger partial charge is 0.494 e. The summed E-state index contributed by atoms with van der Waals surface area (Å²) >= 11 is 0. The molecule has 4 rings (SSSR count). The van der Waals surface area contributed by atoms with Gasteiger partial charge in [0.25, 0.3) is 0 Å². The second-order valence-electron chi connectivity index (χ2n) is 9.77. The number of unbranched alkanes of at least 4 members (excludes halogenated alkanes) is 1. The van der Waals surface area contributed by atoms with Crippen molar-refractivity contribution in [1.29, 1.82) is 0 Å². The Labute approximate surface area is 196 Å². The number of fused-ring (bicyclic) bond motifs is 1. The minimum absolute atomic E-state index is 0.0103. The van der Waals surface area contributed by atoms with Gasteiger partial charge in [-0.3, -0.25) is 14.5 Å². The molecule has 1 aliphatic carbocycles. The first kappa shape index (κ1) is 23.1. The van der Waals surface area contributed by atoms with Gasteiger partial charge in [-0.05, 0) is 48.1 Å². The number of carbonyl (C=O) groups is 2. The van der Waals surface area contributed by atoms with E-state index in [1.54, 1.807) is 0 Å². The predicted molar refractivity (Wildman–Crippen MR) is 132 cm³/mol. The zero-order chi connectivity index (χ0) is 23.6. The molecule has 2 aromatic carbocycles. The van der Waals surface area contributed by atoms with Crippen molar-refractivity contribution < 1.29 is 14.3 Å². The third-order valence-corrected chi connectivity index (χ3v) is 6.43. The Balaban J connectivity index is 1.86. The quantitative estimate of drug-likeness (QED) is 0.520. The number of anilines is 2. The molecule has 1 N–H and O–H groups in total. The van der Waals surface area contributed by atoms with Crippen LogP contribution in [0, 0.1) is 5.41 Å². The van der Waals surface area contributed by atoms with Crippen LogP contribution < -0.4 is 15.0 Å². The number of allylic oxidation sites excluding steroid dienone is 1. The number of carbonyl (C=O) groups excluding carboxylic acids is 2. The Hall–Kier alpha value is -3.08. The molecule has 0 aromatic heterocycles. The van der Waals surface area contributed by atoms with Gasteiger partial charge in [-0.25, -0.2) is 0 Å². The Morgan fingerprint density at radius 1 is 1.09 bits per heavy atom. The van der Waals surface area contributed by atoms with Gasteiger partial charge in [0.1, 0.15) is 5.75 Å². The molecule has 5 heteroatoms. The molecule has 2 aliphatic rings. The molecule has 1 amide bonds. The van der Waals surface area contributed by atoms with Crippen molar-refractivity contribution in [3.63, 3.8) is 0 Å². The monoisotopic (exact) mass is 446 g/mol. The van der Waals surface area contributed by atoms with Crippen molar-refractivity contribution in [2.24, 2.45) is 5.41 Å². The molecule has 0 saturated carbocycles. The summed E-state index contributed by atoms with van der Waals surface area (Å²) in [6, 6.07) is 15.2.